The quantitative estimate of drug-likeness (QED) is 0.650. The van der Waals surface area contributed by atoms with Gasteiger partial charge >= 0.3 is 0 Å². The van der Waals surface area contributed by atoms with Gasteiger partial charge in [0.05, 0.1) is 4.21 Å². The number of thiophene rings is 1. The predicted molar refractivity (Wildman–Crippen MR) is 101 cm³/mol. The molecule has 6 heteroatoms. The summed E-state index contributed by atoms with van der Waals surface area (Å²) >= 11 is 3.35. The molecule has 0 aliphatic carbocycles. The van der Waals surface area contributed by atoms with Crippen LogP contribution in [0.5, 0.6) is 0 Å². The van der Waals surface area contributed by atoms with Crippen LogP contribution < -0.4 is 10.3 Å². The van der Waals surface area contributed by atoms with Gasteiger partial charge in [0.25, 0.3) is 5.56 Å². The highest BCUT2D eigenvalue weighted by Crippen LogP contribution is 2.34. The van der Waals surface area contributed by atoms with Crippen LogP contribution in [0.4, 0.5) is 0 Å². The molecular formula is C18H19N3OS2. The fourth-order valence-electron chi connectivity index (χ4n) is 2.40. The van der Waals surface area contributed by atoms with E-state index in [-0.39, 0.29) is 5.56 Å². The molecule has 3 aromatic rings. The Morgan fingerprint density at radius 1 is 1.25 bits per heavy atom. The number of pyridine rings is 2. The maximum atomic E-state index is 11.9. The second kappa shape index (κ2) is 7.79. The van der Waals surface area contributed by atoms with Crippen molar-refractivity contribution in [1.29, 1.82) is 0 Å². The monoisotopic (exact) mass is 357 g/mol. The maximum absolute atomic E-state index is 11.9. The highest BCUT2D eigenvalue weighted by Gasteiger charge is 2.09. The van der Waals surface area contributed by atoms with Crippen LogP contribution in [0.25, 0.3) is 10.4 Å². The van der Waals surface area contributed by atoms with E-state index in [1.165, 1.54) is 14.6 Å². The summed E-state index contributed by atoms with van der Waals surface area (Å²) in [5, 5.41) is 0. The van der Waals surface area contributed by atoms with Gasteiger partial charge in [0.2, 0.25) is 0 Å². The Morgan fingerprint density at radius 2 is 2.04 bits per heavy atom. The summed E-state index contributed by atoms with van der Waals surface area (Å²) in [4.78, 5) is 20.0. The lowest BCUT2D eigenvalue weighted by molar-refractivity contribution is 0.971. The van der Waals surface area contributed by atoms with Crippen LogP contribution in [-0.2, 0) is 13.0 Å². The first-order valence-electron chi connectivity index (χ1n) is 7.79. The lowest BCUT2D eigenvalue weighted by atomic mass is 10.1. The van der Waals surface area contributed by atoms with Crippen molar-refractivity contribution in [2.24, 2.45) is 0 Å². The highest BCUT2D eigenvalue weighted by molar-refractivity contribution is 7.99. The lowest BCUT2D eigenvalue weighted by Gasteiger charge is -2.05. The Bertz CT molecular complexity index is 871. The number of hydrogen-bond acceptors (Lipinski definition) is 5. The third-order valence-corrected chi connectivity index (χ3v) is 5.78. The SMILES string of the molecule is CCc1cc(-c2ccc(SNCc3ccncc3)s2)c(C)[nH]c1=O. The summed E-state index contributed by atoms with van der Waals surface area (Å²) in [5.74, 6) is 0. The van der Waals surface area contributed by atoms with Gasteiger partial charge in [-0.15, -0.1) is 11.3 Å². The molecule has 0 aromatic carbocycles. The fraction of sp³-hybridized carbons (Fsp3) is 0.222. The van der Waals surface area contributed by atoms with Crippen LogP contribution in [0.3, 0.4) is 0 Å². The molecule has 4 nitrogen and oxygen atoms in total. The molecule has 0 amide bonds. The van der Waals surface area contributed by atoms with Crippen LogP contribution >= 0.6 is 23.3 Å². The van der Waals surface area contributed by atoms with Gasteiger partial charge in [-0.05, 0) is 61.2 Å². The number of H-pyrrole nitrogens is 1. The van der Waals surface area contributed by atoms with Crippen molar-refractivity contribution in [1.82, 2.24) is 14.7 Å². The predicted octanol–water partition coefficient (Wildman–Crippen LogP) is 4.17. The van der Waals surface area contributed by atoms with Gasteiger partial charge in [0.15, 0.2) is 0 Å². The lowest BCUT2D eigenvalue weighted by Crippen LogP contribution is -2.13. The summed E-state index contributed by atoms with van der Waals surface area (Å²) in [5.41, 5.74) is 4.08. The van der Waals surface area contributed by atoms with E-state index in [9.17, 15) is 4.79 Å². The van der Waals surface area contributed by atoms with Crippen molar-refractivity contribution in [2.45, 2.75) is 31.0 Å². The Balaban J connectivity index is 1.70. The standard InChI is InChI=1S/C18H19N3OS2/c1-3-14-10-15(12(2)21-18(14)22)16-4-5-17(23-16)24-20-11-13-6-8-19-9-7-13/h4-10,20H,3,11H2,1-2H3,(H,21,22). The van der Waals surface area contributed by atoms with Crippen molar-refractivity contribution in [3.05, 3.63) is 69.9 Å². The Kier molecular flexibility index (Phi) is 5.50. The molecule has 3 rings (SSSR count). The van der Waals surface area contributed by atoms with Crippen molar-refractivity contribution in [3.63, 3.8) is 0 Å². The number of aromatic nitrogens is 2. The second-order valence-electron chi connectivity index (χ2n) is 5.41. The molecule has 0 bridgehead atoms. The minimum absolute atomic E-state index is 0.0175. The third-order valence-electron chi connectivity index (χ3n) is 3.74. The van der Waals surface area contributed by atoms with Gasteiger partial charge in [0.1, 0.15) is 0 Å². The van der Waals surface area contributed by atoms with Gasteiger partial charge < -0.3 is 4.98 Å². The maximum Gasteiger partial charge on any atom is 0.251 e. The number of aryl methyl sites for hydroxylation is 2. The van der Waals surface area contributed by atoms with Gasteiger partial charge in [-0.25, -0.2) is 0 Å². The van der Waals surface area contributed by atoms with Gasteiger partial charge in [-0.1, -0.05) is 6.92 Å². The number of aromatic amines is 1. The highest BCUT2D eigenvalue weighted by atomic mass is 32.2. The molecular weight excluding hydrogens is 338 g/mol. The van der Waals surface area contributed by atoms with E-state index in [1.54, 1.807) is 35.7 Å². The summed E-state index contributed by atoms with van der Waals surface area (Å²) in [6, 6.07) is 10.2. The van der Waals surface area contributed by atoms with Crippen LogP contribution in [-0.4, -0.2) is 9.97 Å². The average Bonchev–Trinajstić information content (AvgIpc) is 3.04. The number of nitrogens with zero attached hydrogens (tertiary/aromatic N) is 1. The van der Waals surface area contributed by atoms with E-state index < -0.39 is 0 Å². The molecule has 124 valence electrons. The zero-order chi connectivity index (χ0) is 16.9. The molecule has 0 unspecified atom stereocenters. The molecule has 0 fully saturated rings. The first kappa shape index (κ1) is 17.0. The first-order chi connectivity index (χ1) is 11.7. The van der Waals surface area contributed by atoms with E-state index in [1.807, 2.05) is 32.0 Å². The van der Waals surface area contributed by atoms with Crippen LogP contribution in [0, 0.1) is 6.92 Å². The second-order valence-corrected chi connectivity index (χ2v) is 7.69. The molecule has 0 saturated carbocycles. The molecule has 0 aliphatic heterocycles. The zero-order valence-corrected chi connectivity index (χ0v) is 15.3. The number of hydrogen-bond donors (Lipinski definition) is 2. The van der Waals surface area contributed by atoms with E-state index in [2.05, 4.69) is 26.8 Å². The molecule has 3 heterocycles. The van der Waals surface area contributed by atoms with Crippen molar-refractivity contribution in [2.75, 3.05) is 0 Å². The topological polar surface area (TPSA) is 57.8 Å². The summed E-state index contributed by atoms with van der Waals surface area (Å²) < 4.78 is 4.57. The minimum Gasteiger partial charge on any atom is -0.326 e. The normalized spacial score (nSPS) is 10.9. The van der Waals surface area contributed by atoms with Gasteiger partial charge in [0, 0.05) is 40.6 Å². The minimum atomic E-state index is 0.0175. The van der Waals surface area contributed by atoms with E-state index in [0.29, 0.717) is 0 Å². The molecule has 0 saturated heterocycles. The summed E-state index contributed by atoms with van der Waals surface area (Å²) in [6.45, 7) is 4.74. The fourth-order valence-corrected chi connectivity index (χ4v) is 4.34. The molecule has 0 aliphatic rings. The van der Waals surface area contributed by atoms with E-state index in [4.69, 9.17) is 0 Å². The Hall–Kier alpha value is -1.89. The molecule has 3 aromatic heterocycles. The van der Waals surface area contributed by atoms with E-state index in [0.717, 1.165) is 29.8 Å². The molecule has 24 heavy (non-hydrogen) atoms. The largest absolute Gasteiger partial charge is 0.326 e. The van der Waals surface area contributed by atoms with Crippen LogP contribution in [0.2, 0.25) is 0 Å². The summed E-state index contributed by atoms with van der Waals surface area (Å²) in [6.07, 6.45) is 4.34. The number of rotatable bonds is 6. The first-order valence-corrected chi connectivity index (χ1v) is 9.42. The number of nitrogens with one attached hydrogen (secondary N) is 2. The van der Waals surface area contributed by atoms with E-state index >= 15 is 0 Å². The Labute approximate surface area is 149 Å². The smallest absolute Gasteiger partial charge is 0.251 e. The molecule has 2 N–H and O–H groups in total. The summed E-state index contributed by atoms with van der Waals surface area (Å²) in [7, 11) is 0. The van der Waals surface area contributed by atoms with Gasteiger partial charge in [-0.3, -0.25) is 14.5 Å². The average molecular weight is 358 g/mol. The van der Waals surface area contributed by atoms with Crippen LogP contribution in [0.15, 0.2) is 51.7 Å². The Morgan fingerprint density at radius 3 is 2.79 bits per heavy atom. The van der Waals surface area contributed by atoms with Crippen molar-refractivity contribution >= 4 is 23.3 Å². The zero-order valence-electron chi connectivity index (χ0n) is 13.6. The molecule has 0 atom stereocenters. The van der Waals surface area contributed by atoms with Crippen molar-refractivity contribution in [3.8, 4) is 10.4 Å². The van der Waals surface area contributed by atoms with Crippen molar-refractivity contribution < 1.29 is 0 Å². The third kappa shape index (κ3) is 3.95. The van der Waals surface area contributed by atoms with Crippen LogP contribution in [0.1, 0.15) is 23.7 Å². The molecule has 0 spiro atoms. The molecule has 0 radical (unpaired) electrons. The van der Waals surface area contributed by atoms with Gasteiger partial charge in [-0.2, -0.15) is 0 Å².